The molecule has 1 atom stereocenters. The summed E-state index contributed by atoms with van der Waals surface area (Å²) in [6, 6.07) is 2.03. The van der Waals surface area contributed by atoms with Gasteiger partial charge in [-0.2, -0.15) is 0 Å². The minimum Gasteiger partial charge on any atom is -0.388 e. The molecule has 0 bridgehead atoms. The molecule has 0 spiro atoms. The van der Waals surface area contributed by atoms with Crippen LogP contribution in [-0.2, 0) is 6.54 Å². The van der Waals surface area contributed by atoms with Gasteiger partial charge in [0.15, 0.2) is 0 Å². The van der Waals surface area contributed by atoms with Crippen molar-refractivity contribution in [1.82, 2.24) is 4.57 Å². The average Bonchev–Trinajstić information content (AvgIpc) is 2.78. The molecular formula is C15H25NO. The van der Waals surface area contributed by atoms with E-state index in [4.69, 9.17) is 0 Å². The third kappa shape index (κ3) is 5.22. The first kappa shape index (κ1) is 14.0. The molecule has 1 heterocycles. The van der Waals surface area contributed by atoms with E-state index in [0.29, 0.717) is 0 Å². The maximum absolute atomic E-state index is 9.85. The minimum absolute atomic E-state index is 0.290. The van der Waals surface area contributed by atoms with Crippen molar-refractivity contribution in [2.75, 3.05) is 0 Å². The number of hydrogen-bond acceptors (Lipinski definition) is 1. The van der Waals surface area contributed by atoms with Crippen molar-refractivity contribution in [3.63, 3.8) is 0 Å². The van der Waals surface area contributed by atoms with E-state index in [1.165, 1.54) is 19.3 Å². The van der Waals surface area contributed by atoms with E-state index in [-0.39, 0.29) is 6.10 Å². The van der Waals surface area contributed by atoms with Gasteiger partial charge in [0, 0.05) is 18.9 Å². The average molecular weight is 235 g/mol. The van der Waals surface area contributed by atoms with Crippen LogP contribution in [0.5, 0.6) is 0 Å². The maximum atomic E-state index is 9.85. The second-order valence-corrected chi connectivity index (χ2v) is 4.63. The Hall–Kier alpha value is -1.02. The third-order valence-corrected chi connectivity index (χ3v) is 3.04. The Kier molecular flexibility index (Phi) is 6.71. The van der Waals surface area contributed by atoms with Gasteiger partial charge in [-0.05, 0) is 37.3 Å². The van der Waals surface area contributed by atoms with Crippen LogP contribution in [0.1, 0.15) is 57.1 Å². The minimum atomic E-state index is -0.290. The van der Waals surface area contributed by atoms with Crippen molar-refractivity contribution in [1.29, 1.82) is 0 Å². The van der Waals surface area contributed by atoms with Crippen molar-refractivity contribution in [2.24, 2.45) is 0 Å². The lowest BCUT2D eigenvalue weighted by Crippen LogP contribution is -1.97. The second-order valence-electron chi connectivity index (χ2n) is 4.63. The molecule has 0 saturated heterocycles. The number of nitrogens with zero attached hydrogens (tertiary/aromatic N) is 1. The Balaban J connectivity index is 2.28. The number of unbranched alkanes of at least 4 members (excludes halogenated alkanes) is 3. The summed E-state index contributed by atoms with van der Waals surface area (Å²) in [5.41, 5.74) is 1.05. The monoisotopic (exact) mass is 235 g/mol. The molecular weight excluding hydrogens is 210 g/mol. The number of aliphatic hydroxyl groups excluding tert-OH is 1. The van der Waals surface area contributed by atoms with Gasteiger partial charge >= 0.3 is 0 Å². The number of allylic oxidation sites excluding steroid dienone is 1. The fourth-order valence-corrected chi connectivity index (χ4v) is 2.00. The van der Waals surface area contributed by atoms with Crippen LogP contribution in [0.25, 0.3) is 0 Å². The molecule has 2 nitrogen and oxygen atoms in total. The van der Waals surface area contributed by atoms with Gasteiger partial charge in [-0.15, -0.1) is 6.58 Å². The molecule has 1 aromatic rings. The molecule has 0 fully saturated rings. The normalized spacial score (nSPS) is 12.6. The highest BCUT2D eigenvalue weighted by atomic mass is 16.3. The first-order valence-corrected chi connectivity index (χ1v) is 6.72. The van der Waals surface area contributed by atoms with Crippen LogP contribution in [0.2, 0.25) is 0 Å². The molecule has 96 valence electrons. The number of hydrogen-bond donors (Lipinski definition) is 1. The molecule has 2 heteroatoms. The topological polar surface area (TPSA) is 25.2 Å². The van der Waals surface area contributed by atoms with Crippen molar-refractivity contribution in [3.05, 3.63) is 36.7 Å². The molecule has 0 radical (unpaired) electrons. The lowest BCUT2D eigenvalue weighted by atomic mass is 10.1. The van der Waals surface area contributed by atoms with Gasteiger partial charge in [0.2, 0.25) is 0 Å². The summed E-state index contributed by atoms with van der Waals surface area (Å²) in [6.07, 6.45) is 12.5. The first-order valence-electron chi connectivity index (χ1n) is 6.72. The Morgan fingerprint density at radius 1 is 1.41 bits per heavy atom. The van der Waals surface area contributed by atoms with E-state index >= 15 is 0 Å². The van der Waals surface area contributed by atoms with Gasteiger partial charge in [0.05, 0.1) is 6.10 Å². The zero-order chi connectivity index (χ0) is 12.5. The Morgan fingerprint density at radius 3 is 2.94 bits per heavy atom. The molecule has 17 heavy (non-hydrogen) atoms. The van der Waals surface area contributed by atoms with Crippen LogP contribution in [0, 0.1) is 0 Å². The fraction of sp³-hybridized carbons (Fsp3) is 0.600. The molecule has 1 rings (SSSR count). The van der Waals surface area contributed by atoms with E-state index in [1.807, 2.05) is 12.1 Å². The van der Waals surface area contributed by atoms with Gasteiger partial charge in [-0.25, -0.2) is 0 Å². The molecule has 1 aromatic heterocycles. The predicted octanol–water partition coefficient (Wildman–Crippen LogP) is 4.07. The van der Waals surface area contributed by atoms with Crippen LogP contribution >= 0.6 is 0 Å². The molecule has 0 aliphatic rings. The molecule has 0 amide bonds. The lowest BCUT2D eigenvalue weighted by Gasteiger charge is -2.06. The zero-order valence-corrected chi connectivity index (χ0v) is 10.9. The Bertz CT molecular complexity index is 316. The van der Waals surface area contributed by atoms with Crippen LogP contribution in [0.3, 0.4) is 0 Å². The molecule has 1 N–H and O–H groups in total. The third-order valence-electron chi connectivity index (χ3n) is 3.04. The second kappa shape index (κ2) is 8.13. The van der Waals surface area contributed by atoms with Crippen molar-refractivity contribution in [3.8, 4) is 0 Å². The van der Waals surface area contributed by atoms with Crippen LogP contribution in [0.4, 0.5) is 0 Å². The molecule has 0 aromatic carbocycles. The highest BCUT2D eigenvalue weighted by molar-refractivity contribution is 5.13. The standard InChI is InChI=1S/C15H25NO/c1-3-5-6-7-8-11-16-12-10-14(13-16)15(17)9-4-2/h3,10,12-13,15,17H,1,4-9,11H2,2H3. The number of aryl methyl sites for hydroxylation is 1. The van der Waals surface area contributed by atoms with E-state index in [2.05, 4.69) is 30.5 Å². The number of rotatable bonds is 9. The summed E-state index contributed by atoms with van der Waals surface area (Å²) < 4.78 is 2.18. The summed E-state index contributed by atoms with van der Waals surface area (Å²) in [5.74, 6) is 0. The van der Waals surface area contributed by atoms with Crippen molar-refractivity contribution in [2.45, 2.75) is 58.1 Å². The molecule has 1 unspecified atom stereocenters. The summed E-state index contributed by atoms with van der Waals surface area (Å²) in [4.78, 5) is 0. The van der Waals surface area contributed by atoms with E-state index in [0.717, 1.165) is 31.4 Å². The van der Waals surface area contributed by atoms with E-state index in [1.54, 1.807) is 0 Å². The fourth-order valence-electron chi connectivity index (χ4n) is 2.00. The van der Waals surface area contributed by atoms with Gasteiger partial charge in [-0.1, -0.05) is 25.8 Å². The van der Waals surface area contributed by atoms with E-state index < -0.39 is 0 Å². The van der Waals surface area contributed by atoms with Crippen molar-refractivity contribution < 1.29 is 5.11 Å². The van der Waals surface area contributed by atoms with Gasteiger partial charge in [0.1, 0.15) is 0 Å². The largest absolute Gasteiger partial charge is 0.388 e. The van der Waals surface area contributed by atoms with Crippen LogP contribution in [-0.4, -0.2) is 9.67 Å². The zero-order valence-electron chi connectivity index (χ0n) is 10.9. The van der Waals surface area contributed by atoms with Gasteiger partial charge in [-0.3, -0.25) is 0 Å². The number of aromatic nitrogens is 1. The van der Waals surface area contributed by atoms with Crippen molar-refractivity contribution >= 4 is 0 Å². The first-order chi connectivity index (χ1) is 8.27. The summed E-state index contributed by atoms with van der Waals surface area (Å²) in [5, 5.41) is 9.85. The number of aliphatic hydroxyl groups is 1. The van der Waals surface area contributed by atoms with Crippen LogP contribution < -0.4 is 0 Å². The van der Waals surface area contributed by atoms with Gasteiger partial charge < -0.3 is 9.67 Å². The summed E-state index contributed by atoms with van der Waals surface area (Å²) >= 11 is 0. The Morgan fingerprint density at radius 2 is 2.24 bits per heavy atom. The highest BCUT2D eigenvalue weighted by Crippen LogP contribution is 2.18. The maximum Gasteiger partial charge on any atom is 0.0804 e. The van der Waals surface area contributed by atoms with E-state index in [9.17, 15) is 5.11 Å². The highest BCUT2D eigenvalue weighted by Gasteiger charge is 2.07. The smallest absolute Gasteiger partial charge is 0.0804 e. The van der Waals surface area contributed by atoms with Gasteiger partial charge in [0.25, 0.3) is 0 Å². The summed E-state index contributed by atoms with van der Waals surface area (Å²) in [7, 11) is 0. The molecule has 0 aliphatic heterocycles. The molecule has 0 saturated carbocycles. The predicted molar refractivity (Wildman–Crippen MR) is 73.0 cm³/mol. The summed E-state index contributed by atoms with van der Waals surface area (Å²) in [6.45, 7) is 6.87. The molecule has 0 aliphatic carbocycles. The van der Waals surface area contributed by atoms with Crippen LogP contribution in [0.15, 0.2) is 31.1 Å². The SMILES string of the molecule is C=CCCCCCn1ccc(C(O)CCC)c1. The lowest BCUT2D eigenvalue weighted by molar-refractivity contribution is 0.166. The Labute approximate surface area is 105 Å². The quantitative estimate of drug-likeness (QED) is 0.506.